The maximum atomic E-state index is 9.84. The molecule has 2 aromatic rings. The molecule has 1 aromatic heterocycles. The zero-order chi connectivity index (χ0) is 18.6. The number of rotatable bonds is 8. The van der Waals surface area contributed by atoms with E-state index in [-0.39, 0.29) is 6.10 Å². The molecule has 0 bridgehead atoms. The molecule has 27 heavy (non-hydrogen) atoms. The van der Waals surface area contributed by atoms with Crippen LogP contribution in [0, 0.1) is 11.8 Å². The van der Waals surface area contributed by atoms with Gasteiger partial charge in [-0.2, -0.15) is 0 Å². The zero-order valence-corrected chi connectivity index (χ0v) is 16.2. The molecule has 0 aliphatic heterocycles. The van der Waals surface area contributed by atoms with Crippen molar-refractivity contribution in [2.75, 3.05) is 13.7 Å². The number of aromatic nitrogens is 2. The van der Waals surface area contributed by atoms with Gasteiger partial charge < -0.3 is 14.4 Å². The van der Waals surface area contributed by atoms with E-state index in [4.69, 9.17) is 4.74 Å². The highest BCUT2D eigenvalue weighted by molar-refractivity contribution is 5.28. The van der Waals surface area contributed by atoms with Crippen LogP contribution in [0.1, 0.15) is 37.7 Å². The lowest BCUT2D eigenvalue weighted by Gasteiger charge is -2.25. The second kappa shape index (κ2) is 8.44. The maximum absolute atomic E-state index is 9.84. The minimum Gasteiger partial charge on any atom is -0.494 e. The Morgan fingerprint density at radius 1 is 1.22 bits per heavy atom. The standard InChI is InChI=1S/C22H31N3O2/c1-24(20-11-18-13-21(26)14-19(18)12-20)15-17-4-2-5-22(10-17)27-9-3-7-25-8-6-23-16-25/h2,4-6,8,10,16,18-21,26H,3,7,9,11-15H2,1H3/t18-,19+,20?,21?. The third-order valence-electron chi connectivity index (χ3n) is 6.31. The van der Waals surface area contributed by atoms with E-state index >= 15 is 0 Å². The minimum absolute atomic E-state index is 0.0473. The van der Waals surface area contributed by atoms with E-state index in [1.54, 1.807) is 6.20 Å². The summed E-state index contributed by atoms with van der Waals surface area (Å²) in [6.07, 6.45) is 11.1. The van der Waals surface area contributed by atoms with Gasteiger partial charge in [-0.05, 0) is 68.7 Å². The fourth-order valence-electron chi connectivity index (χ4n) is 4.92. The minimum atomic E-state index is -0.0473. The molecule has 2 aliphatic carbocycles. The highest BCUT2D eigenvalue weighted by Crippen LogP contribution is 2.45. The third kappa shape index (κ3) is 4.71. The Morgan fingerprint density at radius 3 is 2.78 bits per heavy atom. The van der Waals surface area contributed by atoms with Crippen LogP contribution in [0.5, 0.6) is 5.75 Å². The molecule has 4 rings (SSSR count). The summed E-state index contributed by atoms with van der Waals surface area (Å²) in [4.78, 5) is 6.55. The van der Waals surface area contributed by atoms with Crippen molar-refractivity contribution in [3.8, 4) is 5.75 Å². The molecule has 5 nitrogen and oxygen atoms in total. The van der Waals surface area contributed by atoms with Crippen molar-refractivity contribution in [2.45, 2.75) is 57.3 Å². The van der Waals surface area contributed by atoms with Gasteiger partial charge in [0.2, 0.25) is 0 Å². The molecule has 1 N–H and O–H groups in total. The van der Waals surface area contributed by atoms with E-state index in [0.29, 0.717) is 12.6 Å². The van der Waals surface area contributed by atoms with Crippen LogP contribution in [-0.2, 0) is 13.1 Å². The van der Waals surface area contributed by atoms with Crippen molar-refractivity contribution in [1.82, 2.24) is 14.5 Å². The molecule has 146 valence electrons. The lowest BCUT2D eigenvalue weighted by molar-refractivity contribution is 0.158. The van der Waals surface area contributed by atoms with Gasteiger partial charge in [0.25, 0.3) is 0 Å². The lowest BCUT2D eigenvalue weighted by atomic mass is 10.0. The molecular formula is C22H31N3O2. The second-order valence-corrected chi connectivity index (χ2v) is 8.34. The Morgan fingerprint density at radius 2 is 2.04 bits per heavy atom. The van der Waals surface area contributed by atoms with Crippen molar-refractivity contribution in [3.63, 3.8) is 0 Å². The van der Waals surface area contributed by atoms with E-state index in [1.807, 2.05) is 18.6 Å². The van der Waals surface area contributed by atoms with Crippen LogP contribution >= 0.6 is 0 Å². The molecule has 2 saturated carbocycles. The molecule has 0 saturated heterocycles. The van der Waals surface area contributed by atoms with Crippen molar-refractivity contribution in [1.29, 1.82) is 0 Å². The molecule has 5 heteroatoms. The first kappa shape index (κ1) is 18.5. The Hall–Kier alpha value is -1.85. The van der Waals surface area contributed by atoms with E-state index in [1.165, 1.54) is 18.4 Å². The summed E-state index contributed by atoms with van der Waals surface area (Å²) in [5, 5.41) is 9.84. The zero-order valence-electron chi connectivity index (χ0n) is 16.2. The summed E-state index contributed by atoms with van der Waals surface area (Å²) in [6.45, 7) is 2.60. The molecule has 4 atom stereocenters. The molecular weight excluding hydrogens is 338 g/mol. The Balaban J connectivity index is 1.24. The Kier molecular flexibility index (Phi) is 5.79. The van der Waals surface area contributed by atoms with Gasteiger partial charge in [0, 0.05) is 31.5 Å². The van der Waals surface area contributed by atoms with Gasteiger partial charge in [-0.15, -0.1) is 0 Å². The van der Waals surface area contributed by atoms with E-state index in [0.717, 1.165) is 49.9 Å². The van der Waals surface area contributed by atoms with Crippen molar-refractivity contribution >= 4 is 0 Å². The first-order valence-electron chi connectivity index (χ1n) is 10.2. The van der Waals surface area contributed by atoms with Gasteiger partial charge in [-0.25, -0.2) is 4.98 Å². The topological polar surface area (TPSA) is 50.5 Å². The monoisotopic (exact) mass is 369 g/mol. The number of hydrogen-bond acceptors (Lipinski definition) is 4. The van der Waals surface area contributed by atoms with Crippen molar-refractivity contribution in [3.05, 3.63) is 48.5 Å². The largest absolute Gasteiger partial charge is 0.494 e. The van der Waals surface area contributed by atoms with Gasteiger partial charge in [0.15, 0.2) is 0 Å². The SMILES string of the molecule is CN(Cc1cccc(OCCCn2ccnc2)c1)C1C[C@H]2CC(O)C[C@H]2C1. The molecule has 2 aliphatic rings. The fourth-order valence-corrected chi connectivity index (χ4v) is 4.92. The third-order valence-corrected chi connectivity index (χ3v) is 6.31. The predicted molar refractivity (Wildman–Crippen MR) is 105 cm³/mol. The molecule has 0 spiro atoms. The van der Waals surface area contributed by atoms with Crippen LogP contribution < -0.4 is 4.74 Å². The van der Waals surface area contributed by atoms with Gasteiger partial charge in [0.05, 0.1) is 19.0 Å². The van der Waals surface area contributed by atoms with E-state index in [9.17, 15) is 5.11 Å². The van der Waals surface area contributed by atoms with Gasteiger partial charge in [-0.3, -0.25) is 4.90 Å². The van der Waals surface area contributed by atoms with Crippen LogP contribution in [0.15, 0.2) is 43.0 Å². The van der Waals surface area contributed by atoms with Crippen LogP contribution in [0.3, 0.4) is 0 Å². The first-order valence-corrected chi connectivity index (χ1v) is 10.2. The van der Waals surface area contributed by atoms with Gasteiger partial charge >= 0.3 is 0 Å². The van der Waals surface area contributed by atoms with E-state index in [2.05, 4.69) is 39.7 Å². The van der Waals surface area contributed by atoms with Gasteiger partial charge in [0.1, 0.15) is 5.75 Å². The number of hydrogen-bond donors (Lipinski definition) is 1. The summed E-state index contributed by atoms with van der Waals surface area (Å²) >= 11 is 0. The number of imidazole rings is 1. The maximum Gasteiger partial charge on any atom is 0.119 e. The normalized spacial score (nSPS) is 27.2. The van der Waals surface area contributed by atoms with Crippen LogP contribution in [0.4, 0.5) is 0 Å². The summed E-state index contributed by atoms with van der Waals surface area (Å²) in [5.74, 6) is 2.42. The summed E-state index contributed by atoms with van der Waals surface area (Å²) in [7, 11) is 2.24. The molecule has 2 unspecified atom stereocenters. The number of aryl methyl sites for hydroxylation is 1. The van der Waals surface area contributed by atoms with Crippen LogP contribution in [0.25, 0.3) is 0 Å². The summed E-state index contributed by atoms with van der Waals surface area (Å²) < 4.78 is 8.02. The number of aliphatic hydroxyl groups is 1. The molecule has 1 aromatic carbocycles. The highest BCUT2D eigenvalue weighted by atomic mass is 16.5. The second-order valence-electron chi connectivity index (χ2n) is 8.34. The van der Waals surface area contributed by atoms with E-state index < -0.39 is 0 Å². The quantitative estimate of drug-likeness (QED) is 0.725. The predicted octanol–water partition coefficient (Wildman–Crippen LogP) is 3.33. The smallest absolute Gasteiger partial charge is 0.119 e. The summed E-state index contributed by atoms with van der Waals surface area (Å²) in [6, 6.07) is 9.14. The number of ether oxygens (including phenoxy) is 1. The van der Waals surface area contributed by atoms with Crippen LogP contribution in [-0.4, -0.2) is 45.4 Å². The first-order chi connectivity index (χ1) is 13.2. The molecule has 0 amide bonds. The summed E-state index contributed by atoms with van der Waals surface area (Å²) in [5.41, 5.74) is 1.31. The molecule has 0 radical (unpaired) electrons. The fraction of sp³-hybridized carbons (Fsp3) is 0.591. The number of fused-ring (bicyclic) bond motifs is 1. The molecule has 1 heterocycles. The number of benzene rings is 1. The highest BCUT2D eigenvalue weighted by Gasteiger charge is 2.42. The van der Waals surface area contributed by atoms with Crippen LogP contribution in [0.2, 0.25) is 0 Å². The lowest BCUT2D eigenvalue weighted by Crippen LogP contribution is -2.29. The Labute approximate surface area is 162 Å². The Bertz CT molecular complexity index is 704. The number of aliphatic hydroxyl groups excluding tert-OH is 1. The molecule has 2 fully saturated rings. The van der Waals surface area contributed by atoms with Crippen molar-refractivity contribution in [2.24, 2.45) is 11.8 Å². The average Bonchev–Trinajstić information content (AvgIpc) is 3.35. The number of nitrogens with zero attached hydrogens (tertiary/aromatic N) is 3. The average molecular weight is 370 g/mol. The van der Waals surface area contributed by atoms with Gasteiger partial charge in [-0.1, -0.05) is 12.1 Å². The van der Waals surface area contributed by atoms with Crippen molar-refractivity contribution < 1.29 is 9.84 Å².